The van der Waals surface area contributed by atoms with Crippen molar-refractivity contribution in [3.8, 4) is 23.0 Å². The van der Waals surface area contributed by atoms with Crippen molar-refractivity contribution in [1.29, 1.82) is 0 Å². The maximum atomic E-state index is 14.7. The zero-order valence-electron chi connectivity index (χ0n) is 34.5. The lowest BCUT2D eigenvalue weighted by atomic mass is 9.69. The molecular weight excluding hydrogens is 745 g/mol. The van der Waals surface area contributed by atoms with Crippen LogP contribution in [-0.4, -0.2) is 114 Å². The Balaban J connectivity index is 1.20. The SMILES string of the molecule is COc1cc(/C=C/C(=O)C(Cc2ccccc2)(Cc2ccccc2)C(=O)/C=C/c2ccc(OCCCN3CCOCC3)c(OC)c2)ccc1OCCCN1CCOCC1. The van der Waals surface area contributed by atoms with Gasteiger partial charge in [0.1, 0.15) is 5.41 Å². The molecule has 0 aliphatic carbocycles. The minimum atomic E-state index is -1.43. The lowest BCUT2D eigenvalue weighted by Crippen LogP contribution is -2.42. The van der Waals surface area contributed by atoms with Crippen LogP contribution < -0.4 is 18.9 Å². The minimum absolute atomic E-state index is 0.218. The van der Waals surface area contributed by atoms with Crippen LogP contribution in [0.4, 0.5) is 0 Å². The van der Waals surface area contributed by atoms with E-state index < -0.39 is 5.41 Å². The van der Waals surface area contributed by atoms with Gasteiger partial charge in [-0.05, 0) is 84.4 Å². The number of hydrogen-bond acceptors (Lipinski definition) is 10. The van der Waals surface area contributed by atoms with Gasteiger partial charge in [0.15, 0.2) is 34.6 Å². The van der Waals surface area contributed by atoms with Crippen molar-refractivity contribution in [2.75, 3.05) is 93.1 Å². The van der Waals surface area contributed by atoms with Crippen LogP contribution in [0.5, 0.6) is 23.0 Å². The maximum Gasteiger partial charge on any atom is 0.170 e. The average Bonchev–Trinajstić information content (AvgIpc) is 3.29. The smallest absolute Gasteiger partial charge is 0.170 e. The van der Waals surface area contributed by atoms with Crippen LogP contribution in [0.1, 0.15) is 35.1 Å². The molecule has 0 radical (unpaired) electrons. The standard InChI is InChI=1S/C49H58N2O8/c1-54-45-35-39(15-19-43(45)58-29-9-23-50-25-31-56-32-26-50)17-21-47(52)49(37-41-11-5-3-6-12-41,38-42-13-7-4-8-14-42)48(53)22-18-40-16-20-44(46(36-40)55-2)59-30-10-24-51-27-33-57-34-28-51/h3-8,11-22,35-36H,9-10,23-34,37-38H2,1-2H3/b21-17+,22-18+. The highest BCUT2D eigenvalue weighted by atomic mass is 16.5. The molecule has 0 aromatic heterocycles. The van der Waals surface area contributed by atoms with Crippen molar-refractivity contribution in [2.24, 2.45) is 5.41 Å². The first-order valence-corrected chi connectivity index (χ1v) is 20.7. The van der Waals surface area contributed by atoms with Crippen LogP contribution in [0, 0.1) is 5.41 Å². The Labute approximate surface area is 349 Å². The summed E-state index contributed by atoms with van der Waals surface area (Å²) in [4.78, 5) is 34.2. The fourth-order valence-electron chi connectivity index (χ4n) is 7.49. The van der Waals surface area contributed by atoms with E-state index in [4.69, 9.17) is 28.4 Å². The van der Waals surface area contributed by atoms with Crippen molar-refractivity contribution >= 4 is 23.7 Å². The number of ketones is 2. The van der Waals surface area contributed by atoms with Crippen molar-refractivity contribution in [3.05, 3.63) is 131 Å². The monoisotopic (exact) mass is 802 g/mol. The van der Waals surface area contributed by atoms with Gasteiger partial charge in [-0.25, -0.2) is 0 Å². The van der Waals surface area contributed by atoms with Gasteiger partial charge in [-0.1, -0.05) is 84.9 Å². The highest BCUT2D eigenvalue weighted by Crippen LogP contribution is 2.35. The first kappa shape index (κ1) is 43.3. The van der Waals surface area contributed by atoms with Gasteiger partial charge < -0.3 is 28.4 Å². The van der Waals surface area contributed by atoms with Gasteiger partial charge in [0.25, 0.3) is 0 Å². The summed E-state index contributed by atoms with van der Waals surface area (Å²) in [7, 11) is 3.21. The Morgan fingerprint density at radius 2 is 0.983 bits per heavy atom. The average molecular weight is 803 g/mol. The summed E-state index contributed by atoms with van der Waals surface area (Å²) in [5, 5.41) is 0. The number of rotatable bonds is 22. The van der Waals surface area contributed by atoms with E-state index >= 15 is 0 Å². The summed E-state index contributed by atoms with van der Waals surface area (Å²) >= 11 is 0. The van der Waals surface area contributed by atoms with Crippen LogP contribution in [0.2, 0.25) is 0 Å². The number of hydrogen-bond donors (Lipinski definition) is 0. The molecule has 2 aliphatic heterocycles. The van der Waals surface area contributed by atoms with Gasteiger partial charge in [0, 0.05) is 39.3 Å². The fraction of sp³-hybridized carbons (Fsp3) is 0.388. The maximum absolute atomic E-state index is 14.7. The van der Waals surface area contributed by atoms with Crippen LogP contribution in [0.15, 0.2) is 109 Å². The molecule has 0 saturated carbocycles. The molecule has 0 spiro atoms. The van der Waals surface area contributed by atoms with Crippen LogP contribution in [-0.2, 0) is 31.9 Å². The molecule has 0 bridgehead atoms. The zero-order chi connectivity index (χ0) is 41.1. The molecule has 2 saturated heterocycles. The number of carbonyl (C=O) groups is 2. The Morgan fingerprint density at radius 1 is 0.576 bits per heavy atom. The molecule has 6 rings (SSSR count). The van der Waals surface area contributed by atoms with Crippen LogP contribution in [0.25, 0.3) is 12.2 Å². The zero-order valence-corrected chi connectivity index (χ0v) is 34.5. The van der Waals surface area contributed by atoms with E-state index in [0.29, 0.717) is 36.2 Å². The molecule has 0 N–H and O–H groups in total. The third kappa shape index (κ3) is 12.9. The third-order valence-corrected chi connectivity index (χ3v) is 10.8. The Bertz CT molecular complexity index is 1830. The first-order chi connectivity index (χ1) is 29.0. The highest BCUT2D eigenvalue weighted by molar-refractivity contribution is 6.17. The molecule has 10 heteroatoms. The number of ether oxygens (including phenoxy) is 6. The van der Waals surface area contributed by atoms with E-state index in [2.05, 4.69) is 9.80 Å². The summed E-state index contributed by atoms with van der Waals surface area (Å²) in [5.74, 6) is 1.84. The Hall–Kier alpha value is -5.26. The van der Waals surface area contributed by atoms with Gasteiger partial charge in [-0.2, -0.15) is 0 Å². The van der Waals surface area contributed by atoms with E-state index in [0.717, 1.165) is 101 Å². The Morgan fingerprint density at radius 3 is 1.37 bits per heavy atom. The second-order valence-electron chi connectivity index (χ2n) is 14.9. The predicted molar refractivity (Wildman–Crippen MR) is 232 cm³/mol. The van der Waals surface area contributed by atoms with Crippen LogP contribution >= 0.6 is 0 Å². The first-order valence-electron chi connectivity index (χ1n) is 20.7. The van der Waals surface area contributed by atoms with E-state index in [-0.39, 0.29) is 24.4 Å². The quantitative estimate of drug-likeness (QED) is 0.0460. The summed E-state index contributed by atoms with van der Waals surface area (Å²) in [6.07, 6.45) is 8.77. The molecule has 0 unspecified atom stereocenters. The summed E-state index contributed by atoms with van der Waals surface area (Å²) in [6.45, 7) is 9.86. The predicted octanol–water partition coefficient (Wildman–Crippen LogP) is 7.24. The number of benzene rings is 4. The van der Waals surface area contributed by atoms with E-state index in [1.807, 2.05) is 97.1 Å². The number of allylic oxidation sites excluding steroid dienone is 2. The number of morpholine rings is 2. The molecule has 2 aliphatic rings. The van der Waals surface area contributed by atoms with Gasteiger partial charge in [0.05, 0.1) is 53.9 Å². The lowest BCUT2D eigenvalue weighted by molar-refractivity contribution is -0.135. The topological polar surface area (TPSA) is 96.0 Å². The van der Waals surface area contributed by atoms with E-state index in [1.54, 1.807) is 26.4 Å². The second kappa shape index (κ2) is 22.8. The normalized spacial score (nSPS) is 15.4. The van der Waals surface area contributed by atoms with Crippen molar-refractivity contribution in [3.63, 3.8) is 0 Å². The number of carbonyl (C=O) groups excluding carboxylic acids is 2. The molecular formula is C49H58N2O8. The molecule has 4 aromatic rings. The summed E-state index contributed by atoms with van der Waals surface area (Å²) in [5.41, 5.74) is 1.85. The summed E-state index contributed by atoms with van der Waals surface area (Å²) < 4.78 is 34.5. The third-order valence-electron chi connectivity index (χ3n) is 10.8. The molecule has 312 valence electrons. The highest BCUT2D eigenvalue weighted by Gasteiger charge is 2.43. The molecule has 59 heavy (non-hydrogen) atoms. The largest absolute Gasteiger partial charge is 0.493 e. The number of nitrogens with zero attached hydrogens (tertiary/aromatic N) is 2. The van der Waals surface area contributed by atoms with Gasteiger partial charge in [0.2, 0.25) is 0 Å². The Kier molecular flexibility index (Phi) is 16.7. The van der Waals surface area contributed by atoms with Crippen molar-refractivity contribution < 1.29 is 38.0 Å². The number of methoxy groups -OCH3 is 2. The lowest BCUT2D eigenvalue weighted by Gasteiger charge is -2.29. The minimum Gasteiger partial charge on any atom is -0.493 e. The second-order valence-corrected chi connectivity index (χ2v) is 14.9. The van der Waals surface area contributed by atoms with E-state index in [1.165, 1.54) is 12.2 Å². The van der Waals surface area contributed by atoms with Gasteiger partial charge in [-0.15, -0.1) is 0 Å². The fourth-order valence-corrected chi connectivity index (χ4v) is 7.49. The van der Waals surface area contributed by atoms with E-state index in [9.17, 15) is 9.59 Å². The molecule has 2 fully saturated rings. The summed E-state index contributed by atoms with van der Waals surface area (Å²) in [6, 6.07) is 30.7. The van der Waals surface area contributed by atoms with Crippen molar-refractivity contribution in [2.45, 2.75) is 25.7 Å². The van der Waals surface area contributed by atoms with Crippen molar-refractivity contribution in [1.82, 2.24) is 9.80 Å². The molecule has 10 nitrogen and oxygen atoms in total. The van der Waals surface area contributed by atoms with Crippen LogP contribution in [0.3, 0.4) is 0 Å². The van der Waals surface area contributed by atoms with Gasteiger partial charge >= 0.3 is 0 Å². The molecule has 0 atom stereocenters. The van der Waals surface area contributed by atoms with Gasteiger partial charge in [-0.3, -0.25) is 19.4 Å². The molecule has 4 aromatic carbocycles. The molecule has 0 amide bonds. The molecule has 2 heterocycles.